The number of carbonyl (C=O) groups is 1. The van der Waals surface area contributed by atoms with Crippen LogP contribution in [0.1, 0.15) is 50.3 Å². The third kappa shape index (κ3) is 6.62. The van der Waals surface area contributed by atoms with Crippen LogP contribution in [-0.2, 0) is 21.4 Å². The Morgan fingerprint density at radius 2 is 1.53 bits per heavy atom. The van der Waals surface area contributed by atoms with Gasteiger partial charge >= 0.3 is 0 Å². The van der Waals surface area contributed by atoms with Crippen LogP contribution in [-0.4, -0.2) is 38.1 Å². The standard InChI is InChI=1S/C30H36N4O3S/c1-4-18-34(19-5-2)21-22-12-14-24(15-13-22)31-29(23-10-8-7-9-11-23)28-26-20-25(33-38(36,37)6-3)16-17-27(26)32-30(28)35/h7-17,20,31,33H,4-6,18-19,21H2,1-3H3,(H,32,35). The summed E-state index contributed by atoms with van der Waals surface area (Å²) in [4.78, 5) is 15.7. The number of carbonyl (C=O) groups excluding carboxylic acids is 1. The molecule has 3 aromatic rings. The lowest BCUT2D eigenvalue weighted by Gasteiger charge is -2.21. The van der Waals surface area contributed by atoms with Crippen LogP contribution >= 0.6 is 0 Å². The molecule has 0 saturated carbocycles. The van der Waals surface area contributed by atoms with Gasteiger partial charge in [-0.2, -0.15) is 0 Å². The number of hydrogen-bond donors (Lipinski definition) is 3. The normalized spacial score (nSPS) is 14.3. The molecule has 1 heterocycles. The van der Waals surface area contributed by atoms with Gasteiger partial charge in [0.25, 0.3) is 5.91 Å². The fourth-order valence-corrected chi connectivity index (χ4v) is 5.24. The minimum atomic E-state index is -3.45. The lowest BCUT2D eigenvalue weighted by molar-refractivity contribution is -0.110. The number of amides is 1. The van der Waals surface area contributed by atoms with Crippen molar-refractivity contribution in [3.05, 3.63) is 89.5 Å². The zero-order valence-electron chi connectivity index (χ0n) is 22.3. The molecule has 0 radical (unpaired) electrons. The second kappa shape index (κ2) is 12.3. The van der Waals surface area contributed by atoms with Crippen molar-refractivity contribution in [1.29, 1.82) is 0 Å². The fraction of sp³-hybridized carbons (Fsp3) is 0.300. The Labute approximate surface area is 226 Å². The van der Waals surface area contributed by atoms with Crippen LogP contribution < -0.4 is 15.4 Å². The monoisotopic (exact) mass is 532 g/mol. The molecule has 3 N–H and O–H groups in total. The summed E-state index contributed by atoms with van der Waals surface area (Å²) in [6.45, 7) is 9.04. The number of anilines is 3. The zero-order valence-corrected chi connectivity index (χ0v) is 23.1. The number of benzene rings is 3. The van der Waals surface area contributed by atoms with Crippen LogP contribution in [0.3, 0.4) is 0 Å². The smallest absolute Gasteiger partial charge is 0.258 e. The largest absolute Gasteiger partial charge is 0.354 e. The molecular formula is C30H36N4O3S. The van der Waals surface area contributed by atoms with E-state index in [9.17, 15) is 13.2 Å². The third-order valence-corrected chi connectivity index (χ3v) is 7.75. The molecule has 0 unspecified atom stereocenters. The number of hydrogen-bond acceptors (Lipinski definition) is 5. The Balaban J connectivity index is 1.70. The molecule has 0 aromatic heterocycles. The van der Waals surface area contributed by atoms with Crippen molar-refractivity contribution in [2.45, 2.75) is 40.2 Å². The Morgan fingerprint density at radius 1 is 0.868 bits per heavy atom. The van der Waals surface area contributed by atoms with Crippen LogP contribution in [0.15, 0.2) is 72.8 Å². The van der Waals surface area contributed by atoms with Gasteiger partial charge in [-0.3, -0.25) is 14.4 Å². The van der Waals surface area contributed by atoms with E-state index in [-0.39, 0.29) is 11.7 Å². The summed E-state index contributed by atoms with van der Waals surface area (Å²) in [6.07, 6.45) is 2.25. The maximum atomic E-state index is 13.2. The van der Waals surface area contributed by atoms with E-state index in [0.717, 1.165) is 43.7 Å². The van der Waals surface area contributed by atoms with E-state index in [4.69, 9.17) is 0 Å². The summed E-state index contributed by atoms with van der Waals surface area (Å²) in [7, 11) is -3.45. The summed E-state index contributed by atoms with van der Waals surface area (Å²) in [5.41, 5.74) is 5.77. The van der Waals surface area contributed by atoms with Crippen LogP contribution in [0.4, 0.5) is 17.1 Å². The number of nitrogens with zero attached hydrogens (tertiary/aromatic N) is 1. The van der Waals surface area contributed by atoms with E-state index in [2.05, 4.69) is 46.2 Å². The van der Waals surface area contributed by atoms with E-state index >= 15 is 0 Å². The molecule has 200 valence electrons. The van der Waals surface area contributed by atoms with Crippen molar-refractivity contribution in [2.75, 3.05) is 34.2 Å². The summed E-state index contributed by atoms with van der Waals surface area (Å²) < 4.78 is 26.9. The quantitative estimate of drug-likeness (QED) is 0.249. The van der Waals surface area contributed by atoms with Crippen LogP contribution in [0.2, 0.25) is 0 Å². The van der Waals surface area contributed by atoms with Gasteiger partial charge in [0.15, 0.2) is 0 Å². The van der Waals surface area contributed by atoms with Crippen molar-refractivity contribution < 1.29 is 13.2 Å². The minimum absolute atomic E-state index is 0.0363. The maximum absolute atomic E-state index is 13.2. The number of sulfonamides is 1. The fourth-order valence-electron chi connectivity index (χ4n) is 4.61. The number of rotatable bonds is 12. The molecule has 0 bridgehead atoms. The van der Waals surface area contributed by atoms with Gasteiger partial charge in [0.05, 0.1) is 17.0 Å². The van der Waals surface area contributed by atoms with Gasteiger partial charge in [-0.25, -0.2) is 8.42 Å². The van der Waals surface area contributed by atoms with Gasteiger partial charge in [0.1, 0.15) is 0 Å². The Bertz CT molecular complexity index is 1400. The molecule has 7 nitrogen and oxygen atoms in total. The van der Waals surface area contributed by atoms with E-state index in [1.807, 2.05) is 42.5 Å². The molecule has 0 saturated heterocycles. The summed E-state index contributed by atoms with van der Waals surface area (Å²) in [5.74, 6) is -0.279. The van der Waals surface area contributed by atoms with Crippen LogP contribution in [0, 0.1) is 0 Å². The first-order valence-corrected chi connectivity index (χ1v) is 14.8. The highest BCUT2D eigenvalue weighted by molar-refractivity contribution is 7.92. The van der Waals surface area contributed by atoms with Crippen molar-refractivity contribution in [1.82, 2.24) is 4.90 Å². The topological polar surface area (TPSA) is 90.5 Å². The Hall–Kier alpha value is -3.62. The predicted octanol–water partition coefficient (Wildman–Crippen LogP) is 6.00. The highest BCUT2D eigenvalue weighted by Crippen LogP contribution is 2.39. The minimum Gasteiger partial charge on any atom is -0.354 e. The number of nitrogens with one attached hydrogen (secondary N) is 3. The second-order valence-electron chi connectivity index (χ2n) is 9.43. The second-order valence-corrected chi connectivity index (χ2v) is 11.4. The molecule has 8 heteroatoms. The van der Waals surface area contributed by atoms with Crippen molar-refractivity contribution in [3.8, 4) is 0 Å². The summed E-state index contributed by atoms with van der Waals surface area (Å²) in [5, 5.41) is 6.41. The molecule has 1 aliphatic rings. The molecule has 0 aliphatic carbocycles. The number of fused-ring (bicyclic) bond motifs is 1. The summed E-state index contributed by atoms with van der Waals surface area (Å²) >= 11 is 0. The molecular weight excluding hydrogens is 496 g/mol. The molecule has 38 heavy (non-hydrogen) atoms. The van der Waals surface area contributed by atoms with Gasteiger partial charge in [-0.1, -0.05) is 56.3 Å². The molecule has 1 aliphatic heterocycles. The highest BCUT2D eigenvalue weighted by Gasteiger charge is 2.29. The zero-order chi connectivity index (χ0) is 27.1. The van der Waals surface area contributed by atoms with E-state index in [0.29, 0.717) is 28.2 Å². The first kappa shape index (κ1) is 27.4. The molecule has 0 atom stereocenters. The Morgan fingerprint density at radius 3 is 2.16 bits per heavy atom. The first-order chi connectivity index (χ1) is 18.3. The molecule has 1 amide bonds. The van der Waals surface area contributed by atoms with E-state index in [1.54, 1.807) is 25.1 Å². The van der Waals surface area contributed by atoms with Gasteiger partial charge in [0.2, 0.25) is 10.0 Å². The Kier molecular flexibility index (Phi) is 8.86. The molecule has 0 fully saturated rings. The summed E-state index contributed by atoms with van der Waals surface area (Å²) in [6, 6.07) is 23.1. The predicted molar refractivity (Wildman–Crippen MR) is 157 cm³/mol. The SMILES string of the molecule is CCCN(CCC)Cc1ccc(NC(=C2C(=O)Nc3ccc(NS(=O)(=O)CC)cc32)c2ccccc2)cc1. The molecule has 4 rings (SSSR count). The average molecular weight is 533 g/mol. The van der Waals surface area contributed by atoms with E-state index in [1.165, 1.54) is 5.56 Å². The maximum Gasteiger partial charge on any atom is 0.258 e. The van der Waals surface area contributed by atoms with Gasteiger partial charge < -0.3 is 10.6 Å². The highest BCUT2D eigenvalue weighted by atomic mass is 32.2. The lowest BCUT2D eigenvalue weighted by Crippen LogP contribution is -2.24. The van der Waals surface area contributed by atoms with Crippen molar-refractivity contribution >= 4 is 44.3 Å². The van der Waals surface area contributed by atoms with Gasteiger partial charge in [-0.05, 0) is 74.3 Å². The van der Waals surface area contributed by atoms with Crippen LogP contribution in [0.25, 0.3) is 11.3 Å². The van der Waals surface area contributed by atoms with E-state index < -0.39 is 10.0 Å². The van der Waals surface area contributed by atoms with Crippen molar-refractivity contribution in [2.24, 2.45) is 0 Å². The van der Waals surface area contributed by atoms with Gasteiger partial charge in [0, 0.05) is 29.2 Å². The first-order valence-electron chi connectivity index (χ1n) is 13.2. The molecule has 3 aromatic carbocycles. The van der Waals surface area contributed by atoms with Crippen molar-refractivity contribution in [3.63, 3.8) is 0 Å². The molecule has 0 spiro atoms. The van der Waals surface area contributed by atoms with Gasteiger partial charge in [-0.15, -0.1) is 0 Å². The lowest BCUT2D eigenvalue weighted by atomic mass is 9.99. The third-order valence-electron chi connectivity index (χ3n) is 6.44. The average Bonchev–Trinajstić information content (AvgIpc) is 3.23. The van der Waals surface area contributed by atoms with Crippen LogP contribution in [0.5, 0.6) is 0 Å².